The molecule has 1 aliphatic carbocycles. The van der Waals surface area contributed by atoms with E-state index in [2.05, 4.69) is 34.9 Å². The second-order valence-corrected chi connectivity index (χ2v) is 6.72. The third-order valence-corrected chi connectivity index (χ3v) is 5.71. The highest BCUT2D eigenvalue weighted by Crippen LogP contribution is 2.36. The van der Waals surface area contributed by atoms with Crippen LogP contribution >= 0.6 is 15.9 Å². The quantitative estimate of drug-likeness (QED) is 0.846. The number of nitrogens with zero attached hydrogens (tertiary/aromatic N) is 2. The van der Waals surface area contributed by atoms with Gasteiger partial charge in [0.15, 0.2) is 0 Å². The average molecular weight is 359 g/mol. The maximum atomic E-state index is 10.8. The first-order valence-electron chi connectivity index (χ1n) is 8.05. The molecule has 5 heteroatoms. The van der Waals surface area contributed by atoms with Crippen molar-refractivity contribution in [1.29, 1.82) is 0 Å². The Morgan fingerprint density at radius 3 is 2.52 bits per heavy atom. The fraction of sp³-hybridized carbons (Fsp3) is 0.812. The fourth-order valence-electron chi connectivity index (χ4n) is 3.41. The summed E-state index contributed by atoms with van der Waals surface area (Å²) in [6, 6.07) is 0. The van der Waals surface area contributed by atoms with Gasteiger partial charge in [-0.2, -0.15) is 5.10 Å². The monoisotopic (exact) mass is 358 g/mol. The van der Waals surface area contributed by atoms with E-state index in [9.17, 15) is 5.11 Å². The molecule has 0 aromatic carbocycles. The van der Waals surface area contributed by atoms with Crippen LogP contribution in [-0.2, 0) is 24.1 Å². The normalized spacial score (nSPS) is 19.7. The highest BCUT2D eigenvalue weighted by atomic mass is 79.9. The van der Waals surface area contributed by atoms with Crippen LogP contribution in [0.3, 0.4) is 0 Å². The third kappa shape index (κ3) is 3.35. The van der Waals surface area contributed by atoms with Crippen LogP contribution in [0.2, 0.25) is 0 Å². The van der Waals surface area contributed by atoms with E-state index in [1.54, 1.807) is 7.11 Å². The van der Waals surface area contributed by atoms with Crippen LogP contribution < -0.4 is 0 Å². The van der Waals surface area contributed by atoms with Crippen LogP contribution in [-0.4, -0.2) is 33.7 Å². The van der Waals surface area contributed by atoms with Crippen LogP contribution in [0.4, 0.5) is 0 Å². The Hall–Kier alpha value is -0.390. The Kier molecular flexibility index (Phi) is 5.86. The van der Waals surface area contributed by atoms with Gasteiger partial charge in [-0.15, -0.1) is 0 Å². The van der Waals surface area contributed by atoms with Gasteiger partial charge in [-0.1, -0.05) is 26.2 Å². The van der Waals surface area contributed by atoms with Crippen molar-refractivity contribution in [3.05, 3.63) is 15.9 Å². The average Bonchev–Trinajstić information content (AvgIpc) is 2.83. The van der Waals surface area contributed by atoms with Crippen LogP contribution in [0.1, 0.15) is 57.3 Å². The molecule has 0 bridgehead atoms. The summed E-state index contributed by atoms with van der Waals surface area (Å²) in [4.78, 5) is 0. The van der Waals surface area contributed by atoms with Crippen molar-refractivity contribution >= 4 is 15.9 Å². The van der Waals surface area contributed by atoms with Crippen molar-refractivity contribution in [3.8, 4) is 0 Å². The summed E-state index contributed by atoms with van der Waals surface area (Å²) in [5.74, 6) is 0. The van der Waals surface area contributed by atoms with Gasteiger partial charge in [0.2, 0.25) is 0 Å². The Bertz CT molecular complexity index is 467. The lowest BCUT2D eigenvalue weighted by Crippen LogP contribution is -2.47. The summed E-state index contributed by atoms with van der Waals surface area (Å²) in [6.45, 7) is 5.01. The zero-order chi connectivity index (χ0) is 15.5. The lowest BCUT2D eigenvalue weighted by atomic mass is 9.79. The van der Waals surface area contributed by atoms with Crippen molar-refractivity contribution in [2.75, 3.05) is 7.11 Å². The van der Waals surface area contributed by atoms with Gasteiger partial charge in [-0.05, 0) is 42.1 Å². The summed E-state index contributed by atoms with van der Waals surface area (Å²) in [5, 5.41) is 15.4. The molecule has 0 spiro atoms. The molecule has 120 valence electrons. The van der Waals surface area contributed by atoms with Crippen molar-refractivity contribution in [3.63, 3.8) is 0 Å². The zero-order valence-electron chi connectivity index (χ0n) is 13.4. The van der Waals surface area contributed by atoms with Gasteiger partial charge in [-0.3, -0.25) is 4.68 Å². The van der Waals surface area contributed by atoms with E-state index in [1.165, 1.54) is 6.42 Å². The molecule has 2 rings (SSSR count). The molecule has 1 fully saturated rings. The molecule has 21 heavy (non-hydrogen) atoms. The standard InChI is InChI=1S/C16H27BrN2O2/c1-4-12-15(17)13(19(5-2)18-12)11-14(20)16(21-3)9-7-6-8-10-16/h14,20H,4-11H2,1-3H3. The van der Waals surface area contributed by atoms with Crippen LogP contribution in [0.25, 0.3) is 0 Å². The summed E-state index contributed by atoms with van der Waals surface area (Å²) in [7, 11) is 1.73. The van der Waals surface area contributed by atoms with Gasteiger partial charge in [0, 0.05) is 20.1 Å². The minimum Gasteiger partial charge on any atom is -0.390 e. The molecule has 1 aromatic heterocycles. The number of hydrogen-bond acceptors (Lipinski definition) is 3. The third-order valence-electron chi connectivity index (χ3n) is 4.79. The van der Waals surface area contributed by atoms with E-state index < -0.39 is 6.10 Å². The second-order valence-electron chi connectivity index (χ2n) is 5.93. The van der Waals surface area contributed by atoms with E-state index in [4.69, 9.17) is 4.74 Å². The molecule has 1 atom stereocenters. The first-order valence-corrected chi connectivity index (χ1v) is 8.84. The van der Waals surface area contributed by atoms with E-state index in [1.807, 2.05) is 4.68 Å². The van der Waals surface area contributed by atoms with Crippen molar-refractivity contribution < 1.29 is 9.84 Å². The van der Waals surface area contributed by atoms with Gasteiger partial charge in [0.25, 0.3) is 0 Å². The molecule has 0 aliphatic heterocycles. The lowest BCUT2D eigenvalue weighted by molar-refractivity contribution is -0.122. The molecule has 1 saturated carbocycles. The van der Waals surface area contributed by atoms with E-state index >= 15 is 0 Å². The topological polar surface area (TPSA) is 47.3 Å². The summed E-state index contributed by atoms with van der Waals surface area (Å²) in [6.07, 6.45) is 6.42. The zero-order valence-corrected chi connectivity index (χ0v) is 14.9. The van der Waals surface area contributed by atoms with Crippen LogP contribution in [0, 0.1) is 0 Å². The SMILES string of the molecule is CCc1nn(CC)c(CC(O)C2(OC)CCCCC2)c1Br. The predicted octanol–water partition coefficient (Wildman–Crippen LogP) is 3.48. The number of rotatable bonds is 6. The number of aliphatic hydroxyl groups excluding tert-OH is 1. The maximum absolute atomic E-state index is 10.8. The highest BCUT2D eigenvalue weighted by Gasteiger charge is 2.40. The first kappa shape index (κ1) is 17.0. The fourth-order valence-corrected chi connectivity index (χ4v) is 4.13. The second kappa shape index (κ2) is 7.25. The summed E-state index contributed by atoms with van der Waals surface area (Å²) in [5.41, 5.74) is 1.77. The van der Waals surface area contributed by atoms with Gasteiger partial charge in [-0.25, -0.2) is 0 Å². The van der Waals surface area contributed by atoms with Gasteiger partial charge in [0.1, 0.15) is 0 Å². The molecule has 0 radical (unpaired) electrons. The Balaban J connectivity index is 2.22. The van der Waals surface area contributed by atoms with Crippen LogP contribution in [0.5, 0.6) is 0 Å². The number of aliphatic hydroxyl groups is 1. The van der Waals surface area contributed by atoms with Crippen molar-refractivity contribution in [2.24, 2.45) is 0 Å². The summed E-state index contributed by atoms with van der Waals surface area (Å²) < 4.78 is 8.81. The number of hydrogen-bond donors (Lipinski definition) is 1. The number of aromatic nitrogens is 2. The molecule has 0 saturated heterocycles. The first-order chi connectivity index (χ1) is 10.1. The lowest BCUT2D eigenvalue weighted by Gasteiger charge is -2.40. The Morgan fingerprint density at radius 2 is 2.00 bits per heavy atom. The number of aryl methyl sites for hydroxylation is 2. The minimum absolute atomic E-state index is 0.382. The molecular formula is C16H27BrN2O2. The van der Waals surface area contributed by atoms with Crippen molar-refractivity contribution in [2.45, 2.75) is 77.0 Å². The van der Waals surface area contributed by atoms with Gasteiger partial charge < -0.3 is 9.84 Å². The van der Waals surface area contributed by atoms with Crippen LogP contribution in [0.15, 0.2) is 4.47 Å². The molecule has 1 heterocycles. The number of ether oxygens (including phenoxy) is 1. The molecule has 1 aliphatic rings. The maximum Gasteiger partial charge on any atom is 0.0940 e. The molecule has 4 nitrogen and oxygen atoms in total. The highest BCUT2D eigenvalue weighted by molar-refractivity contribution is 9.10. The van der Waals surface area contributed by atoms with Crippen molar-refractivity contribution in [1.82, 2.24) is 9.78 Å². The largest absolute Gasteiger partial charge is 0.390 e. The molecule has 1 aromatic rings. The Morgan fingerprint density at radius 1 is 1.33 bits per heavy atom. The number of methoxy groups -OCH3 is 1. The van der Waals surface area contributed by atoms with E-state index in [0.717, 1.165) is 54.5 Å². The number of halogens is 1. The smallest absolute Gasteiger partial charge is 0.0940 e. The molecule has 0 amide bonds. The minimum atomic E-state index is -0.481. The van der Waals surface area contributed by atoms with E-state index in [0.29, 0.717) is 6.42 Å². The van der Waals surface area contributed by atoms with Gasteiger partial charge in [0.05, 0.1) is 27.6 Å². The van der Waals surface area contributed by atoms with Gasteiger partial charge >= 0.3 is 0 Å². The molecular weight excluding hydrogens is 332 g/mol. The molecule has 1 unspecified atom stereocenters. The van der Waals surface area contributed by atoms with E-state index in [-0.39, 0.29) is 5.60 Å². The Labute approximate surface area is 136 Å². The summed E-state index contributed by atoms with van der Waals surface area (Å²) >= 11 is 3.66. The predicted molar refractivity (Wildman–Crippen MR) is 87.5 cm³/mol. The molecule has 1 N–H and O–H groups in total.